The van der Waals surface area contributed by atoms with Gasteiger partial charge in [0.05, 0.1) is 21.9 Å². The van der Waals surface area contributed by atoms with Crippen molar-refractivity contribution in [3.8, 4) is 11.5 Å². The van der Waals surface area contributed by atoms with E-state index in [0.29, 0.717) is 23.4 Å². The van der Waals surface area contributed by atoms with Crippen molar-refractivity contribution < 1.29 is 18.7 Å². The molecule has 8 heteroatoms. The average molecular weight is 396 g/mol. The average Bonchev–Trinajstić information content (AvgIpc) is 2.93. The zero-order chi connectivity index (χ0) is 16.8. The first kappa shape index (κ1) is 18.0. The van der Waals surface area contributed by atoms with E-state index in [1.165, 1.54) is 12.3 Å². The van der Waals surface area contributed by atoms with Crippen molar-refractivity contribution in [2.75, 3.05) is 6.61 Å². The number of hydrogen-bond acceptors (Lipinski definition) is 4. The third kappa shape index (κ3) is 5.08. The quantitative estimate of drug-likeness (QED) is 0.566. The molecular formula is C15H10Cl4O4. The highest BCUT2D eigenvalue weighted by Crippen LogP contribution is 2.37. The van der Waals surface area contributed by atoms with Crippen molar-refractivity contribution >= 4 is 52.7 Å². The molecule has 0 unspecified atom stereocenters. The number of carbonyl (C=O) groups excluding carboxylic acids is 1. The van der Waals surface area contributed by atoms with Crippen LogP contribution in [-0.2, 0) is 6.61 Å². The first-order chi connectivity index (χ1) is 11.0. The van der Waals surface area contributed by atoms with Crippen LogP contribution in [-0.4, -0.2) is 12.9 Å². The Labute approximate surface area is 152 Å². The van der Waals surface area contributed by atoms with Gasteiger partial charge >= 0.3 is 0 Å². The minimum atomic E-state index is 0.0192. The summed E-state index contributed by atoms with van der Waals surface area (Å²) in [6.45, 7) is 0.190. The molecule has 1 aromatic heterocycles. The van der Waals surface area contributed by atoms with Crippen LogP contribution in [0.4, 0.5) is 0 Å². The summed E-state index contributed by atoms with van der Waals surface area (Å²) in [6.07, 6.45) is 3.56. The summed E-state index contributed by atoms with van der Waals surface area (Å²) in [7, 11) is 0. The molecule has 4 nitrogen and oxygen atoms in total. The summed E-state index contributed by atoms with van der Waals surface area (Å²) in [5.74, 6) is 1.08. The number of halogens is 4. The lowest BCUT2D eigenvalue weighted by Crippen LogP contribution is -1.99. The van der Waals surface area contributed by atoms with Gasteiger partial charge in [-0.05, 0) is 12.1 Å². The fourth-order valence-corrected chi connectivity index (χ4v) is 2.37. The number of rotatable bonds is 7. The lowest BCUT2D eigenvalue weighted by atomic mass is 10.3. The first-order valence-electron chi connectivity index (χ1n) is 6.28. The summed E-state index contributed by atoms with van der Waals surface area (Å²) in [5.41, 5.74) is 0.405. The fourth-order valence-electron chi connectivity index (χ4n) is 1.67. The van der Waals surface area contributed by atoms with Crippen LogP contribution in [0.1, 0.15) is 16.1 Å². The maximum Gasteiger partial charge on any atom is 0.157 e. The van der Waals surface area contributed by atoms with Crippen LogP contribution in [0.15, 0.2) is 39.4 Å². The van der Waals surface area contributed by atoms with Crippen LogP contribution in [0.3, 0.4) is 0 Å². The van der Waals surface area contributed by atoms with Crippen LogP contribution in [0.5, 0.6) is 11.5 Å². The van der Waals surface area contributed by atoms with Crippen molar-refractivity contribution in [1.29, 1.82) is 0 Å². The predicted molar refractivity (Wildman–Crippen MR) is 90.2 cm³/mol. The standard InChI is InChI=1S/C15H10Cl4O4/c16-11-5-10(21-4-2-14(18)19)6-12(17)15(11)23-8-13-9(7-20)1-3-22-13/h1-3,5-7H,4,8H2. The molecule has 1 aromatic carbocycles. The monoisotopic (exact) mass is 394 g/mol. The lowest BCUT2D eigenvalue weighted by Gasteiger charge is -2.11. The second-order valence-corrected chi connectivity index (χ2v) is 6.05. The maximum atomic E-state index is 10.8. The molecule has 0 atom stereocenters. The largest absolute Gasteiger partial charge is 0.489 e. The van der Waals surface area contributed by atoms with E-state index in [1.54, 1.807) is 18.2 Å². The van der Waals surface area contributed by atoms with Gasteiger partial charge in [0.15, 0.2) is 17.8 Å². The molecular weight excluding hydrogens is 386 g/mol. The van der Waals surface area contributed by atoms with Gasteiger partial charge in [0.1, 0.15) is 23.5 Å². The predicted octanol–water partition coefficient (Wildman–Crippen LogP) is 5.68. The smallest absolute Gasteiger partial charge is 0.157 e. The minimum absolute atomic E-state index is 0.0192. The zero-order valence-electron chi connectivity index (χ0n) is 11.5. The Morgan fingerprint density at radius 2 is 1.87 bits per heavy atom. The molecule has 0 fully saturated rings. The van der Waals surface area contributed by atoms with E-state index in [2.05, 4.69) is 0 Å². The van der Waals surface area contributed by atoms with Crippen molar-refractivity contribution in [1.82, 2.24) is 0 Å². The summed E-state index contributed by atoms with van der Waals surface area (Å²) in [4.78, 5) is 10.8. The van der Waals surface area contributed by atoms with Crippen molar-refractivity contribution in [2.45, 2.75) is 6.61 Å². The molecule has 0 aliphatic heterocycles. The van der Waals surface area contributed by atoms with E-state index in [4.69, 9.17) is 60.3 Å². The number of furan rings is 1. The lowest BCUT2D eigenvalue weighted by molar-refractivity contribution is 0.111. The van der Waals surface area contributed by atoms with Gasteiger partial charge in [0.2, 0.25) is 0 Å². The molecule has 2 rings (SSSR count). The maximum absolute atomic E-state index is 10.8. The number of hydrogen-bond donors (Lipinski definition) is 0. The number of aldehydes is 1. The van der Waals surface area contributed by atoms with Crippen molar-refractivity contribution in [3.63, 3.8) is 0 Å². The normalized spacial score (nSPS) is 10.3. The molecule has 0 aliphatic carbocycles. The highest BCUT2D eigenvalue weighted by atomic mass is 35.5. The van der Waals surface area contributed by atoms with Gasteiger partial charge < -0.3 is 13.9 Å². The Balaban J connectivity index is 2.08. The Kier molecular flexibility index (Phi) is 6.66. The van der Waals surface area contributed by atoms with E-state index >= 15 is 0 Å². The van der Waals surface area contributed by atoms with E-state index in [9.17, 15) is 4.79 Å². The summed E-state index contributed by atoms with van der Waals surface area (Å²) in [5, 5.41) is 0.514. The Morgan fingerprint density at radius 3 is 2.48 bits per heavy atom. The minimum Gasteiger partial charge on any atom is -0.489 e. The number of ether oxygens (including phenoxy) is 2. The van der Waals surface area contributed by atoms with Gasteiger partial charge in [0.25, 0.3) is 0 Å². The van der Waals surface area contributed by atoms with Crippen molar-refractivity contribution in [2.24, 2.45) is 0 Å². The van der Waals surface area contributed by atoms with Gasteiger partial charge in [-0.2, -0.15) is 0 Å². The third-order valence-corrected chi connectivity index (χ3v) is 3.58. The highest BCUT2D eigenvalue weighted by molar-refractivity contribution is 6.55. The van der Waals surface area contributed by atoms with E-state index < -0.39 is 0 Å². The van der Waals surface area contributed by atoms with Gasteiger partial charge in [-0.1, -0.05) is 46.4 Å². The molecule has 23 heavy (non-hydrogen) atoms. The second-order valence-electron chi connectivity index (χ2n) is 4.23. The van der Waals surface area contributed by atoms with E-state index in [0.717, 1.165) is 0 Å². The van der Waals surface area contributed by atoms with Crippen LogP contribution in [0.25, 0.3) is 0 Å². The highest BCUT2D eigenvalue weighted by Gasteiger charge is 2.13. The Hall–Kier alpha value is -1.33. The Morgan fingerprint density at radius 1 is 1.17 bits per heavy atom. The number of carbonyl (C=O) groups is 1. The zero-order valence-corrected chi connectivity index (χ0v) is 14.5. The number of benzene rings is 1. The molecule has 122 valence electrons. The Bertz CT molecular complexity index is 697. The molecule has 2 aromatic rings. The van der Waals surface area contributed by atoms with Gasteiger partial charge in [-0.25, -0.2) is 0 Å². The van der Waals surface area contributed by atoms with Gasteiger partial charge in [-0.15, -0.1) is 0 Å². The van der Waals surface area contributed by atoms with Gasteiger partial charge in [0, 0.05) is 12.1 Å². The fraction of sp³-hybridized carbons (Fsp3) is 0.133. The molecule has 0 saturated heterocycles. The van der Waals surface area contributed by atoms with Crippen LogP contribution >= 0.6 is 46.4 Å². The summed E-state index contributed by atoms with van der Waals surface area (Å²) >= 11 is 23.2. The summed E-state index contributed by atoms with van der Waals surface area (Å²) < 4.78 is 16.2. The first-order valence-corrected chi connectivity index (χ1v) is 7.79. The summed E-state index contributed by atoms with van der Waals surface area (Å²) in [6, 6.07) is 4.63. The molecule has 1 heterocycles. The molecule has 0 aliphatic rings. The van der Waals surface area contributed by atoms with Crippen LogP contribution in [0.2, 0.25) is 10.0 Å². The molecule has 0 amide bonds. The molecule has 0 bridgehead atoms. The van der Waals surface area contributed by atoms with E-state index in [1.807, 2.05) is 0 Å². The molecule has 0 saturated carbocycles. The molecule has 0 spiro atoms. The SMILES string of the molecule is O=Cc1ccoc1COc1c(Cl)cc(OCC=C(Cl)Cl)cc1Cl. The van der Waals surface area contributed by atoms with Crippen LogP contribution in [0, 0.1) is 0 Å². The van der Waals surface area contributed by atoms with Gasteiger partial charge in [-0.3, -0.25) is 4.79 Å². The topological polar surface area (TPSA) is 48.7 Å². The van der Waals surface area contributed by atoms with Crippen molar-refractivity contribution in [3.05, 3.63) is 56.4 Å². The molecule has 0 N–H and O–H groups in total. The van der Waals surface area contributed by atoms with E-state index in [-0.39, 0.29) is 33.5 Å². The third-order valence-electron chi connectivity index (χ3n) is 2.71. The molecule has 0 radical (unpaired) electrons. The second kappa shape index (κ2) is 8.50. The van der Waals surface area contributed by atoms with Crippen LogP contribution < -0.4 is 9.47 Å².